The van der Waals surface area contributed by atoms with Crippen LogP contribution in [0.15, 0.2) is 4.47 Å². The van der Waals surface area contributed by atoms with E-state index in [0.717, 1.165) is 49.2 Å². The van der Waals surface area contributed by atoms with Crippen molar-refractivity contribution in [2.75, 3.05) is 13.1 Å². The molecule has 0 aromatic carbocycles. The molecule has 1 aliphatic heterocycles. The molecule has 0 atom stereocenters. The van der Waals surface area contributed by atoms with Crippen molar-refractivity contribution in [3.63, 3.8) is 0 Å². The van der Waals surface area contributed by atoms with E-state index in [0.29, 0.717) is 0 Å². The third-order valence-electron chi connectivity index (χ3n) is 3.58. The molecule has 2 heterocycles. The lowest BCUT2D eigenvalue weighted by molar-refractivity contribution is -0.107. The molecule has 1 aromatic rings. The third-order valence-corrected chi connectivity index (χ3v) is 4.61. The molecule has 0 unspecified atom stereocenters. The van der Waals surface area contributed by atoms with E-state index >= 15 is 0 Å². The molecule has 5 heteroatoms. The largest absolute Gasteiger partial charge is 0.387 e. The Balaban J connectivity index is 2.00. The van der Waals surface area contributed by atoms with E-state index in [-0.39, 0.29) is 0 Å². The highest BCUT2D eigenvalue weighted by Gasteiger charge is 2.40. The van der Waals surface area contributed by atoms with Gasteiger partial charge in [0.25, 0.3) is 0 Å². The number of rotatable bonds is 5. The Hall–Kier alpha value is -0.390. The first kappa shape index (κ1) is 14.0. The highest BCUT2D eigenvalue weighted by molar-refractivity contribution is 9.10. The summed E-state index contributed by atoms with van der Waals surface area (Å²) in [6, 6.07) is 0. The third kappa shape index (κ3) is 2.63. The van der Waals surface area contributed by atoms with Crippen LogP contribution in [0.5, 0.6) is 0 Å². The number of hydrogen-bond donors (Lipinski definition) is 1. The lowest BCUT2D eigenvalue weighted by Crippen LogP contribution is -2.61. The topological polar surface area (TPSA) is 41.3 Å². The van der Waals surface area contributed by atoms with Gasteiger partial charge in [-0.25, -0.2) is 0 Å². The smallest absolute Gasteiger partial charge is 0.0900 e. The fraction of sp³-hybridized carbons (Fsp3) is 0.769. The standard InChI is InChI=1S/C13H22BrN3O/c1-4-6-13(18)8-16(9-13)7-11-12(14)10(3)15-17(11)5-2/h18H,4-9H2,1-3H3. The number of halogens is 1. The van der Waals surface area contributed by atoms with Crippen LogP contribution in [0.3, 0.4) is 0 Å². The van der Waals surface area contributed by atoms with Crippen LogP contribution in [0.4, 0.5) is 0 Å². The second kappa shape index (κ2) is 5.31. The van der Waals surface area contributed by atoms with Crippen LogP contribution < -0.4 is 0 Å². The van der Waals surface area contributed by atoms with Crippen molar-refractivity contribution in [2.24, 2.45) is 0 Å². The summed E-state index contributed by atoms with van der Waals surface area (Å²) in [5, 5.41) is 14.7. The molecule has 1 N–H and O–H groups in total. The molecule has 4 nitrogen and oxygen atoms in total. The Bertz CT molecular complexity index is 424. The van der Waals surface area contributed by atoms with Crippen molar-refractivity contribution >= 4 is 15.9 Å². The SMILES string of the molecule is CCCC1(O)CN(Cc2c(Br)c(C)nn2CC)C1. The maximum atomic E-state index is 10.2. The first-order valence-corrected chi connectivity index (χ1v) is 7.45. The fourth-order valence-corrected chi connectivity index (χ4v) is 3.16. The molecule has 2 rings (SSSR count). The minimum Gasteiger partial charge on any atom is -0.387 e. The van der Waals surface area contributed by atoms with Crippen molar-refractivity contribution in [1.82, 2.24) is 14.7 Å². The monoisotopic (exact) mass is 315 g/mol. The summed E-state index contributed by atoms with van der Waals surface area (Å²) >= 11 is 3.61. The maximum Gasteiger partial charge on any atom is 0.0900 e. The van der Waals surface area contributed by atoms with Gasteiger partial charge in [-0.2, -0.15) is 5.10 Å². The molecule has 1 saturated heterocycles. The van der Waals surface area contributed by atoms with Gasteiger partial charge in [-0.1, -0.05) is 13.3 Å². The normalized spacial score (nSPS) is 18.9. The van der Waals surface area contributed by atoms with Crippen LogP contribution in [0.25, 0.3) is 0 Å². The molecular weight excluding hydrogens is 294 g/mol. The van der Waals surface area contributed by atoms with Crippen LogP contribution in [0.2, 0.25) is 0 Å². The van der Waals surface area contributed by atoms with Gasteiger partial charge in [-0.3, -0.25) is 9.58 Å². The Morgan fingerprint density at radius 1 is 1.39 bits per heavy atom. The summed E-state index contributed by atoms with van der Waals surface area (Å²) in [7, 11) is 0. The number of β-amino-alcohol motifs (C(OH)–C–C–N with tert-alkyl or cyclic N) is 1. The van der Waals surface area contributed by atoms with E-state index in [1.54, 1.807) is 0 Å². The number of aryl methyl sites for hydroxylation is 2. The molecule has 0 spiro atoms. The molecule has 0 saturated carbocycles. The quantitative estimate of drug-likeness (QED) is 0.906. The minimum atomic E-state index is -0.451. The predicted molar refractivity (Wildman–Crippen MR) is 75.5 cm³/mol. The van der Waals surface area contributed by atoms with Crippen LogP contribution in [0.1, 0.15) is 38.1 Å². The van der Waals surface area contributed by atoms with E-state index in [1.165, 1.54) is 5.69 Å². The first-order chi connectivity index (χ1) is 8.49. The zero-order valence-electron chi connectivity index (χ0n) is 11.4. The van der Waals surface area contributed by atoms with Crippen molar-refractivity contribution in [1.29, 1.82) is 0 Å². The Kier molecular flexibility index (Phi) is 4.14. The highest BCUT2D eigenvalue weighted by Crippen LogP contribution is 2.30. The predicted octanol–water partition coefficient (Wildman–Crippen LogP) is 2.32. The minimum absolute atomic E-state index is 0.451. The van der Waals surface area contributed by atoms with Gasteiger partial charge < -0.3 is 5.11 Å². The summed E-state index contributed by atoms with van der Waals surface area (Å²) in [6.45, 7) is 9.54. The summed E-state index contributed by atoms with van der Waals surface area (Å²) in [5.74, 6) is 0. The van der Waals surface area contributed by atoms with E-state index in [4.69, 9.17) is 0 Å². The second-order valence-electron chi connectivity index (χ2n) is 5.28. The molecule has 0 radical (unpaired) electrons. The average molecular weight is 316 g/mol. The molecule has 0 amide bonds. The van der Waals surface area contributed by atoms with Crippen LogP contribution >= 0.6 is 15.9 Å². The summed E-state index contributed by atoms with van der Waals surface area (Å²) in [5.41, 5.74) is 1.80. The molecule has 0 bridgehead atoms. The van der Waals surface area contributed by atoms with Gasteiger partial charge >= 0.3 is 0 Å². The van der Waals surface area contributed by atoms with E-state index in [2.05, 4.69) is 39.8 Å². The first-order valence-electron chi connectivity index (χ1n) is 6.65. The van der Waals surface area contributed by atoms with E-state index < -0.39 is 5.60 Å². The lowest BCUT2D eigenvalue weighted by atomic mass is 9.89. The van der Waals surface area contributed by atoms with Gasteiger partial charge in [0.1, 0.15) is 0 Å². The van der Waals surface area contributed by atoms with E-state index in [1.807, 2.05) is 11.6 Å². The zero-order chi connectivity index (χ0) is 13.3. The number of hydrogen-bond acceptors (Lipinski definition) is 3. The van der Waals surface area contributed by atoms with Crippen LogP contribution in [-0.4, -0.2) is 38.5 Å². The van der Waals surface area contributed by atoms with Crippen LogP contribution in [-0.2, 0) is 13.1 Å². The molecule has 102 valence electrons. The molecule has 18 heavy (non-hydrogen) atoms. The van der Waals surface area contributed by atoms with Gasteiger partial charge in [0.05, 0.1) is 21.5 Å². The summed E-state index contributed by atoms with van der Waals surface area (Å²) in [4.78, 5) is 2.28. The van der Waals surface area contributed by atoms with Crippen LogP contribution in [0, 0.1) is 6.92 Å². The number of nitrogens with zero attached hydrogens (tertiary/aromatic N) is 3. The lowest BCUT2D eigenvalue weighted by Gasteiger charge is -2.46. The van der Waals surface area contributed by atoms with Gasteiger partial charge in [0.2, 0.25) is 0 Å². The number of aromatic nitrogens is 2. The molecule has 1 aliphatic rings. The van der Waals surface area contributed by atoms with Crippen molar-refractivity contribution < 1.29 is 5.11 Å². The Morgan fingerprint density at radius 2 is 2.06 bits per heavy atom. The van der Waals surface area contributed by atoms with Crippen molar-refractivity contribution in [3.05, 3.63) is 15.9 Å². The van der Waals surface area contributed by atoms with E-state index in [9.17, 15) is 5.11 Å². The highest BCUT2D eigenvalue weighted by atomic mass is 79.9. The fourth-order valence-electron chi connectivity index (χ4n) is 2.75. The van der Waals surface area contributed by atoms with Crippen molar-refractivity contribution in [2.45, 2.75) is 52.3 Å². The number of likely N-dealkylation sites (tertiary alicyclic amines) is 1. The van der Waals surface area contributed by atoms with Gasteiger partial charge in [0.15, 0.2) is 0 Å². The molecule has 1 fully saturated rings. The zero-order valence-corrected chi connectivity index (χ0v) is 13.0. The maximum absolute atomic E-state index is 10.2. The summed E-state index contributed by atoms with van der Waals surface area (Å²) < 4.78 is 3.15. The Labute approximate surface area is 117 Å². The second-order valence-corrected chi connectivity index (χ2v) is 6.07. The number of aliphatic hydroxyl groups is 1. The summed E-state index contributed by atoms with van der Waals surface area (Å²) in [6.07, 6.45) is 1.94. The average Bonchev–Trinajstić information content (AvgIpc) is 2.55. The van der Waals surface area contributed by atoms with Gasteiger partial charge in [0, 0.05) is 26.2 Å². The molecule has 0 aliphatic carbocycles. The Morgan fingerprint density at radius 3 is 2.61 bits per heavy atom. The molecule has 1 aromatic heterocycles. The van der Waals surface area contributed by atoms with Gasteiger partial charge in [-0.05, 0) is 36.2 Å². The van der Waals surface area contributed by atoms with Crippen molar-refractivity contribution in [3.8, 4) is 0 Å². The van der Waals surface area contributed by atoms with Gasteiger partial charge in [-0.15, -0.1) is 0 Å². The molecular formula is C13H22BrN3O.